The maximum atomic E-state index is 13.0. The Labute approximate surface area is 232 Å². The van der Waals surface area contributed by atoms with Gasteiger partial charge in [0.2, 0.25) is 11.8 Å². The molecule has 0 spiro atoms. The average Bonchev–Trinajstić information content (AvgIpc) is 3.56. The lowest BCUT2D eigenvalue weighted by Crippen LogP contribution is -2.40. The Hall–Kier alpha value is -4.50. The van der Waals surface area contributed by atoms with E-state index < -0.39 is 11.3 Å². The van der Waals surface area contributed by atoms with E-state index in [2.05, 4.69) is 33.7 Å². The number of primary amides is 1. The molecule has 40 heavy (non-hydrogen) atoms. The minimum absolute atomic E-state index is 0.0158. The van der Waals surface area contributed by atoms with Gasteiger partial charge in [0.25, 0.3) is 5.91 Å². The van der Waals surface area contributed by atoms with Crippen molar-refractivity contribution >= 4 is 28.9 Å². The lowest BCUT2D eigenvalue weighted by atomic mass is 9.94. The van der Waals surface area contributed by atoms with Gasteiger partial charge in [-0.25, -0.2) is 4.52 Å². The summed E-state index contributed by atoms with van der Waals surface area (Å²) in [5.41, 5.74) is 8.38. The fourth-order valence-electron chi connectivity index (χ4n) is 4.87. The molecule has 4 rings (SSSR count). The second-order valence-corrected chi connectivity index (χ2v) is 10.5. The zero-order chi connectivity index (χ0) is 29.0. The Morgan fingerprint density at radius 1 is 1.23 bits per heavy atom. The molecule has 1 saturated heterocycles. The number of amides is 3. The molecule has 12 heteroatoms. The van der Waals surface area contributed by atoms with Gasteiger partial charge >= 0.3 is 0 Å². The van der Waals surface area contributed by atoms with Crippen molar-refractivity contribution in [1.29, 1.82) is 5.26 Å². The smallest absolute Gasteiger partial charge is 0.252 e. The monoisotopic (exact) mass is 546 g/mol. The predicted octanol–water partition coefficient (Wildman–Crippen LogP) is 1.96. The van der Waals surface area contributed by atoms with Crippen molar-refractivity contribution in [2.75, 3.05) is 32.1 Å². The van der Waals surface area contributed by atoms with Gasteiger partial charge in [-0.2, -0.15) is 10.4 Å². The van der Waals surface area contributed by atoms with Gasteiger partial charge in [-0.3, -0.25) is 19.4 Å². The maximum Gasteiger partial charge on any atom is 0.252 e. The van der Waals surface area contributed by atoms with Crippen molar-refractivity contribution in [3.63, 3.8) is 0 Å². The Kier molecular flexibility index (Phi) is 8.35. The van der Waals surface area contributed by atoms with Crippen LogP contribution < -0.4 is 16.4 Å². The standard InChI is InChI=1S/C28H34N8O4/c1-5-17-12-35(27(39)28(2,3)16-29)14-22(17)34-25-21(26(30)38)11-33-36-13-19(8-23(25)36)18-6-7-20(31-9-18)10-32-24(37)15-40-4/h6-9,11,13,17,22,34H,5,10,12,14-15H2,1-4H3,(H2,30,38)(H,32,37)/t17-,22-/m1/s1. The number of nitrogens with two attached hydrogens (primary N) is 1. The zero-order valence-corrected chi connectivity index (χ0v) is 23.1. The summed E-state index contributed by atoms with van der Waals surface area (Å²) in [6.07, 6.45) is 5.78. The van der Waals surface area contributed by atoms with Crippen molar-refractivity contribution < 1.29 is 19.1 Å². The first-order valence-electron chi connectivity index (χ1n) is 13.1. The first-order valence-corrected chi connectivity index (χ1v) is 13.1. The summed E-state index contributed by atoms with van der Waals surface area (Å²) in [6.45, 7) is 6.47. The number of ether oxygens (including phenoxy) is 1. The van der Waals surface area contributed by atoms with E-state index in [4.69, 9.17) is 10.5 Å². The molecule has 3 amide bonds. The highest BCUT2D eigenvalue weighted by atomic mass is 16.5. The van der Waals surface area contributed by atoms with Crippen LogP contribution in [0.2, 0.25) is 0 Å². The molecule has 0 bridgehead atoms. The topological polar surface area (TPSA) is 168 Å². The quantitative estimate of drug-likeness (QED) is 0.347. The first kappa shape index (κ1) is 28.5. The van der Waals surface area contributed by atoms with Crippen LogP contribution in [-0.4, -0.2) is 70.1 Å². The number of pyridine rings is 1. The number of aromatic nitrogens is 3. The van der Waals surface area contributed by atoms with Gasteiger partial charge in [-0.15, -0.1) is 0 Å². The maximum absolute atomic E-state index is 13.0. The van der Waals surface area contributed by atoms with Crippen molar-refractivity contribution in [2.45, 2.75) is 39.8 Å². The molecule has 1 aliphatic rings. The average molecular weight is 547 g/mol. The Balaban J connectivity index is 1.61. The van der Waals surface area contributed by atoms with Gasteiger partial charge < -0.3 is 26.0 Å². The largest absolute Gasteiger partial charge is 0.378 e. The van der Waals surface area contributed by atoms with E-state index in [9.17, 15) is 19.6 Å². The van der Waals surface area contributed by atoms with Crippen LogP contribution in [-0.2, 0) is 20.9 Å². The molecule has 4 N–H and O–H groups in total. The number of nitriles is 1. The molecule has 0 saturated carbocycles. The summed E-state index contributed by atoms with van der Waals surface area (Å²) in [5, 5.41) is 20.1. The number of likely N-dealkylation sites (tertiary alicyclic amines) is 1. The van der Waals surface area contributed by atoms with Gasteiger partial charge in [0.05, 0.1) is 41.3 Å². The summed E-state index contributed by atoms with van der Waals surface area (Å²) in [4.78, 5) is 43.2. The summed E-state index contributed by atoms with van der Waals surface area (Å²) in [6, 6.07) is 7.56. The normalized spacial score (nSPS) is 17.0. The highest BCUT2D eigenvalue weighted by molar-refractivity contribution is 6.02. The second-order valence-electron chi connectivity index (χ2n) is 10.5. The summed E-state index contributed by atoms with van der Waals surface area (Å²) in [7, 11) is 1.46. The molecular weight excluding hydrogens is 512 g/mol. The van der Waals surface area contributed by atoms with E-state index in [1.165, 1.54) is 13.3 Å². The highest BCUT2D eigenvalue weighted by Gasteiger charge is 2.40. The molecule has 4 heterocycles. The van der Waals surface area contributed by atoms with Crippen LogP contribution in [0.25, 0.3) is 16.6 Å². The van der Waals surface area contributed by atoms with Crippen LogP contribution in [0.3, 0.4) is 0 Å². The zero-order valence-electron chi connectivity index (χ0n) is 23.1. The van der Waals surface area contributed by atoms with Crippen LogP contribution in [0.4, 0.5) is 5.69 Å². The molecule has 0 aliphatic carbocycles. The molecule has 0 radical (unpaired) electrons. The summed E-state index contributed by atoms with van der Waals surface area (Å²) in [5.74, 6) is -0.946. The molecule has 1 aliphatic heterocycles. The van der Waals surface area contributed by atoms with Crippen LogP contribution >= 0.6 is 0 Å². The minimum Gasteiger partial charge on any atom is -0.378 e. The Bertz CT molecular complexity index is 1460. The molecule has 210 valence electrons. The number of rotatable bonds is 10. The van der Waals surface area contributed by atoms with E-state index in [0.29, 0.717) is 30.0 Å². The predicted molar refractivity (Wildman–Crippen MR) is 148 cm³/mol. The number of nitrogens with one attached hydrogen (secondary N) is 2. The van der Waals surface area contributed by atoms with E-state index in [0.717, 1.165) is 17.5 Å². The second kappa shape index (κ2) is 11.7. The molecule has 1 fully saturated rings. The van der Waals surface area contributed by atoms with E-state index in [1.807, 2.05) is 24.4 Å². The van der Waals surface area contributed by atoms with E-state index in [-0.39, 0.29) is 42.5 Å². The molecule has 0 aromatic carbocycles. The number of methoxy groups -OCH3 is 1. The fraction of sp³-hybridized carbons (Fsp3) is 0.429. The van der Waals surface area contributed by atoms with Gasteiger partial charge in [-0.1, -0.05) is 13.0 Å². The highest BCUT2D eigenvalue weighted by Crippen LogP contribution is 2.32. The van der Waals surface area contributed by atoms with Crippen LogP contribution in [0.15, 0.2) is 36.8 Å². The van der Waals surface area contributed by atoms with Crippen molar-refractivity contribution in [3.05, 3.63) is 48.0 Å². The van der Waals surface area contributed by atoms with Crippen LogP contribution in [0.1, 0.15) is 43.2 Å². The summed E-state index contributed by atoms with van der Waals surface area (Å²) >= 11 is 0. The molecule has 3 aromatic rings. The number of hydrogen-bond donors (Lipinski definition) is 3. The number of anilines is 1. The van der Waals surface area contributed by atoms with Gasteiger partial charge in [0.1, 0.15) is 12.0 Å². The van der Waals surface area contributed by atoms with E-state index in [1.54, 1.807) is 29.5 Å². The lowest BCUT2D eigenvalue weighted by Gasteiger charge is -2.24. The van der Waals surface area contributed by atoms with Crippen LogP contribution in [0, 0.1) is 22.7 Å². The minimum atomic E-state index is -1.12. The third kappa shape index (κ3) is 5.89. The Morgan fingerprint density at radius 2 is 2.00 bits per heavy atom. The number of fused-ring (bicyclic) bond motifs is 1. The SMILES string of the molecule is CC[C@@H]1CN(C(=O)C(C)(C)C#N)C[C@H]1Nc1c(C(N)=O)cnn2cc(-c3ccc(CNC(=O)COC)nc3)cc12. The molecule has 2 atom stereocenters. The van der Waals surface area contributed by atoms with Gasteiger partial charge in [0.15, 0.2) is 0 Å². The molecule has 12 nitrogen and oxygen atoms in total. The van der Waals surface area contributed by atoms with Crippen molar-refractivity contribution in [1.82, 2.24) is 24.8 Å². The number of hydrogen-bond acceptors (Lipinski definition) is 8. The van der Waals surface area contributed by atoms with Gasteiger partial charge in [-0.05, 0) is 38.3 Å². The molecule has 3 aromatic heterocycles. The number of nitrogens with zero attached hydrogens (tertiary/aromatic N) is 5. The van der Waals surface area contributed by atoms with Crippen molar-refractivity contribution in [3.8, 4) is 17.2 Å². The lowest BCUT2D eigenvalue weighted by molar-refractivity contribution is -0.136. The van der Waals surface area contributed by atoms with Crippen molar-refractivity contribution in [2.24, 2.45) is 17.1 Å². The van der Waals surface area contributed by atoms with E-state index >= 15 is 0 Å². The van der Waals surface area contributed by atoms with Crippen LogP contribution in [0.5, 0.6) is 0 Å². The third-order valence-electron chi connectivity index (χ3n) is 7.20. The van der Waals surface area contributed by atoms with Gasteiger partial charge in [0, 0.05) is 49.8 Å². The fourth-order valence-corrected chi connectivity index (χ4v) is 4.87. The number of carbonyl (C=O) groups is 3. The first-order chi connectivity index (χ1) is 19.1. The molecular formula is C28H34N8O4. The Morgan fingerprint density at radius 3 is 2.62 bits per heavy atom. The number of carbonyl (C=O) groups excluding carboxylic acids is 3. The third-order valence-corrected chi connectivity index (χ3v) is 7.20. The summed E-state index contributed by atoms with van der Waals surface area (Å²) < 4.78 is 6.48. The molecule has 0 unspecified atom stereocenters.